The second-order valence-electron chi connectivity index (χ2n) is 4.31. The SMILES string of the molecule is O=C(NC(CO)CO)C1CCCc2sccc21. The number of carbonyl (C=O) groups excluding carboxylic acids is 1. The summed E-state index contributed by atoms with van der Waals surface area (Å²) in [4.78, 5) is 13.4. The fourth-order valence-corrected chi connectivity index (χ4v) is 3.20. The molecule has 4 nitrogen and oxygen atoms in total. The van der Waals surface area contributed by atoms with E-state index in [-0.39, 0.29) is 25.0 Å². The maximum absolute atomic E-state index is 12.1. The molecule has 1 aliphatic carbocycles. The normalized spacial score (nSPS) is 19.1. The fraction of sp³-hybridized carbons (Fsp3) is 0.583. The van der Waals surface area contributed by atoms with Crippen LogP contribution in [-0.2, 0) is 11.2 Å². The first-order valence-electron chi connectivity index (χ1n) is 5.84. The molecule has 1 heterocycles. The van der Waals surface area contributed by atoms with Gasteiger partial charge in [-0.05, 0) is 36.3 Å². The van der Waals surface area contributed by atoms with Crippen molar-refractivity contribution in [3.63, 3.8) is 0 Å². The van der Waals surface area contributed by atoms with Crippen molar-refractivity contribution in [3.8, 4) is 0 Å². The highest BCUT2D eigenvalue weighted by Gasteiger charge is 2.28. The zero-order valence-electron chi connectivity index (χ0n) is 9.56. The predicted molar refractivity (Wildman–Crippen MR) is 66.1 cm³/mol. The molecule has 1 atom stereocenters. The first-order valence-corrected chi connectivity index (χ1v) is 6.72. The Morgan fingerprint density at radius 2 is 2.29 bits per heavy atom. The van der Waals surface area contributed by atoms with E-state index in [0.29, 0.717) is 0 Å². The number of carbonyl (C=O) groups is 1. The summed E-state index contributed by atoms with van der Waals surface area (Å²) in [6.45, 7) is -0.461. The molecule has 0 radical (unpaired) electrons. The van der Waals surface area contributed by atoms with Crippen molar-refractivity contribution < 1.29 is 15.0 Å². The minimum atomic E-state index is -0.550. The van der Waals surface area contributed by atoms with Gasteiger partial charge in [-0.15, -0.1) is 11.3 Å². The van der Waals surface area contributed by atoms with E-state index >= 15 is 0 Å². The average Bonchev–Trinajstić information content (AvgIpc) is 2.83. The average molecular weight is 255 g/mol. The van der Waals surface area contributed by atoms with Crippen LogP contribution in [0.5, 0.6) is 0 Å². The topological polar surface area (TPSA) is 69.6 Å². The lowest BCUT2D eigenvalue weighted by atomic mass is 9.87. The lowest BCUT2D eigenvalue weighted by Gasteiger charge is -2.24. The summed E-state index contributed by atoms with van der Waals surface area (Å²) >= 11 is 1.70. The van der Waals surface area contributed by atoms with Gasteiger partial charge in [0.2, 0.25) is 5.91 Å². The lowest BCUT2D eigenvalue weighted by Crippen LogP contribution is -2.43. The zero-order chi connectivity index (χ0) is 12.3. The van der Waals surface area contributed by atoms with Crippen LogP contribution in [0.25, 0.3) is 0 Å². The van der Waals surface area contributed by atoms with Gasteiger partial charge < -0.3 is 15.5 Å². The summed E-state index contributed by atoms with van der Waals surface area (Å²) in [6, 6.07) is 1.46. The maximum Gasteiger partial charge on any atom is 0.227 e. The van der Waals surface area contributed by atoms with Gasteiger partial charge in [0.1, 0.15) is 0 Å². The van der Waals surface area contributed by atoms with Crippen molar-refractivity contribution in [1.29, 1.82) is 0 Å². The predicted octanol–water partition coefficient (Wildman–Crippen LogP) is 0.637. The molecule has 3 N–H and O–H groups in total. The molecule has 5 heteroatoms. The molecular formula is C12H17NO3S. The number of hydrogen-bond acceptors (Lipinski definition) is 4. The second kappa shape index (κ2) is 5.62. The summed E-state index contributed by atoms with van der Waals surface area (Å²) in [5.41, 5.74) is 1.12. The Labute approximate surface area is 104 Å². The molecule has 1 unspecified atom stereocenters. The molecule has 0 bridgehead atoms. The summed E-state index contributed by atoms with van der Waals surface area (Å²) in [5.74, 6) is -0.206. The first-order chi connectivity index (χ1) is 8.26. The van der Waals surface area contributed by atoms with Crippen LogP contribution in [0.2, 0.25) is 0 Å². The Balaban J connectivity index is 2.07. The largest absolute Gasteiger partial charge is 0.394 e. The van der Waals surface area contributed by atoms with E-state index < -0.39 is 6.04 Å². The van der Waals surface area contributed by atoms with Crippen molar-refractivity contribution in [2.45, 2.75) is 31.2 Å². The molecule has 1 amide bonds. The maximum atomic E-state index is 12.1. The Kier molecular flexibility index (Phi) is 4.15. The Bertz CT molecular complexity index is 387. The number of fused-ring (bicyclic) bond motifs is 1. The van der Waals surface area contributed by atoms with E-state index in [0.717, 1.165) is 24.8 Å². The molecule has 0 spiro atoms. The van der Waals surface area contributed by atoms with E-state index in [4.69, 9.17) is 10.2 Å². The quantitative estimate of drug-likeness (QED) is 0.739. The second-order valence-corrected chi connectivity index (χ2v) is 5.32. The molecule has 2 rings (SSSR count). The van der Waals surface area contributed by atoms with Crippen molar-refractivity contribution >= 4 is 17.2 Å². The number of hydrogen-bond donors (Lipinski definition) is 3. The van der Waals surface area contributed by atoms with Gasteiger partial charge in [0.15, 0.2) is 0 Å². The third kappa shape index (κ3) is 2.68. The summed E-state index contributed by atoms with van der Waals surface area (Å²) in [5, 5.41) is 22.6. The van der Waals surface area contributed by atoms with Crippen LogP contribution in [0, 0.1) is 0 Å². The molecule has 0 aromatic carbocycles. The molecular weight excluding hydrogens is 238 g/mol. The number of rotatable bonds is 4. The van der Waals surface area contributed by atoms with E-state index in [1.807, 2.05) is 11.4 Å². The lowest BCUT2D eigenvalue weighted by molar-refractivity contribution is -0.124. The van der Waals surface area contributed by atoms with Gasteiger partial charge in [-0.25, -0.2) is 0 Å². The highest BCUT2D eigenvalue weighted by Crippen LogP contribution is 2.34. The van der Waals surface area contributed by atoms with Crippen LogP contribution in [0.4, 0.5) is 0 Å². The van der Waals surface area contributed by atoms with Gasteiger partial charge in [-0.3, -0.25) is 4.79 Å². The number of nitrogens with one attached hydrogen (secondary N) is 1. The molecule has 0 saturated heterocycles. The summed E-state index contributed by atoms with van der Waals surface area (Å²) in [7, 11) is 0. The number of thiophene rings is 1. The molecule has 94 valence electrons. The van der Waals surface area contributed by atoms with Gasteiger partial charge in [0.25, 0.3) is 0 Å². The van der Waals surface area contributed by atoms with Crippen LogP contribution in [0.3, 0.4) is 0 Å². The van der Waals surface area contributed by atoms with Crippen molar-refractivity contribution in [3.05, 3.63) is 21.9 Å². The third-order valence-electron chi connectivity index (χ3n) is 3.16. The van der Waals surface area contributed by atoms with Crippen molar-refractivity contribution in [2.75, 3.05) is 13.2 Å². The minimum Gasteiger partial charge on any atom is -0.394 e. The standard InChI is InChI=1S/C12H17NO3S/c14-6-8(7-15)13-12(16)10-2-1-3-11-9(10)4-5-17-11/h4-5,8,10,14-15H,1-3,6-7H2,(H,13,16). The van der Waals surface area contributed by atoms with Gasteiger partial charge in [-0.1, -0.05) is 0 Å². The van der Waals surface area contributed by atoms with Crippen LogP contribution >= 0.6 is 11.3 Å². The van der Waals surface area contributed by atoms with Gasteiger partial charge in [-0.2, -0.15) is 0 Å². The molecule has 0 saturated carbocycles. The number of amides is 1. The van der Waals surface area contributed by atoms with Crippen molar-refractivity contribution in [1.82, 2.24) is 5.32 Å². The Morgan fingerprint density at radius 1 is 1.53 bits per heavy atom. The van der Waals surface area contributed by atoms with Crippen LogP contribution < -0.4 is 5.32 Å². The molecule has 1 aromatic rings. The molecule has 0 fully saturated rings. The number of aryl methyl sites for hydroxylation is 1. The monoisotopic (exact) mass is 255 g/mol. The molecule has 1 aromatic heterocycles. The number of aliphatic hydroxyl groups is 2. The first kappa shape index (κ1) is 12.5. The van der Waals surface area contributed by atoms with Gasteiger partial charge in [0.05, 0.1) is 25.2 Å². The zero-order valence-corrected chi connectivity index (χ0v) is 10.4. The van der Waals surface area contributed by atoms with Crippen molar-refractivity contribution in [2.24, 2.45) is 0 Å². The highest BCUT2D eigenvalue weighted by molar-refractivity contribution is 7.10. The van der Waals surface area contributed by atoms with Gasteiger partial charge >= 0.3 is 0 Å². The summed E-state index contributed by atoms with van der Waals surface area (Å²) in [6.07, 6.45) is 2.92. The minimum absolute atomic E-state index is 0.0857. The fourth-order valence-electron chi connectivity index (χ4n) is 2.21. The van der Waals surface area contributed by atoms with Gasteiger partial charge in [0, 0.05) is 4.88 Å². The third-order valence-corrected chi connectivity index (χ3v) is 4.15. The molecule has 1 aliphatic rings. The molecule has 0 aliphatic heterocycles. The van der Waals surface area contributed by atoms with Crippen LogP contribution in [0.1, 0.15) is 29.2 Å². The Hall–Kier alpha value is -0.910. The number of aliphatic hydroxyl groups excluding tert-OH is 2. The van der Waals surface area contributed by atoms with Crippen LogP contribution in [-0.4, -0.2) is 35.4 Å². The van der Waals surface area contributed by atoms with E-state index in [9.17, 15) is 4.79 Å². The van der Waals surface area contributed by atoms with E-state index in [1.165, 1.54) is 4.88 Å². The Morgan fingerprint density at radius 3 is 3.00 bits per heavy atom. The van der Waals surface area contributed by atoms with Crippen LogP contribution in [0.15, 0.2) is 11.4 Å². The van der Waals surface area contributed by atoms with E-state index in [1.54, 1.807) is 11.3 Å². The smallest absolute Gasteiger partial charge is 0.227 e. The summed E-state index contributed by atoms with van der Waals surface area (Å²) < 4.78 is 0. The molecule has 17 heavy (non-hydrogen) atoms. The van der Waals surface area contributed by atoms with E-state index in [2.05, 4.69) is 5.32 Å². The highest BCUT2D eigenvalue weighted by atomic mass is 32.1.